The van der Waals surface area contributed by atoms with Gasteiger partial charge in [0.05, 0.1) is 10.4 Å². The van der Waals surface area contributed by atoms with Crippen molar-refractivity contribution in [1.29, 1.82) is 0 Å². The summed E-state index contributed by atoms with van der Waals surface area (Å²) >= 11 is 24.6. The van der Waals surface area contributed by atoms with Gasteiger partial charge in [-0.25, -0.2) is 0 Å². The van der Waals surface area contributed by atoms with Crippen LogP contribution in [0, 0.1) is 0 Å². The molecule has 4 aromatic rings. The summed E-state index contributed by atoms with van der Waals surface area (Å²) in [6.45, 7) is 0.0459. The summed E-state index contributed by atoms with van der Waals surface area (Å²) in [5, 5.41) is 2.10. The Labute approximate surface area is 186 Å². The highest BCUT2D eigenvalue weighted by Crippen LogP contribution is 2.36. The minimum Gasteiger partial charge on any atom is -0.481 e. The second-order valence-corrected chi connectivity index (χ2v) is 7.92. The Hall–Kier alpha value is -2.17. The van der Waals surface area contributed by atoms with Gasteiger partial charge in [0.1, 0.15) is 12.2 Å². The average molecular weight is 466 g/mol. The molecule has 0 aliphatic carbocycles. The normalized spacial score (nSPS) is 11.0. The standard InChI is InChI=1S/C22H12Cl4O3/c23-13-7-8-19-16(9-13)20(27)22(21(29-19)15-3-1-2-4-17(15)25)28-11-12-5-6-14(24)10-18(12)26/h1-10H,11H2. The molecule has 0 bridgehead atoms. The quantitative estimate of drug-likeness (QED) is 0.310. The van der Waals surface area contributed by atoms with E-state index in [1.165, 1.54) is 0 Å². The van der Waals surface area contributed by atoms with Crippen molar-refractivity contribution in [1.82, 2.24) is 0 Å². The Kier molecular flexibility index (Phi) is 5.75. The fraction of sp³-hybridized carbons (Fsp3) is 0.0455. The molecule has 7 heteroatoms. The molecule has 0 N–H and O–H groups in total. The zero-order chi connectivity index (χ0) is 20.5. The van der Waals surface area contributed by atoms with E-state index in [9.17, 15) is 4.79 Å². The molecule has 0 atom stereocenters. The lowest BCUT2D eigenvalue weighted by molar-refractivity contribution is 0.298. The van der Waals surface area contributed by atoms with E-state index in [1.54, 1.807) is 60.7 Å². The molecule has 0 aliphatic rings. The first-order valence-corrected chi connectivity index (χ1v) is 10.0. The molecule has 0 amide bonds. The smallest absolute Gasteiger partial charge is 0.235 e. The number of hydrogen-bond acceptors (Lipinski definition) is 3. The Balaban J connectivity index is 1.88. The van der Waals surface area contributed by atoms with Crippen LogP contribution >= 0.6 is 46.4 Å². The molecule has 3 nitrogen and oxygen atoms in total. The van der Waals surface area contributed by atoms with Crippen LogP contribution in [-0.4, -0.2) is 0 Å². The SMILES string of the molecule is O=c1c(OCc2ccc(Cl)cc2Cl)c(-c2ccccc2Cl)oc2ccc(Cl)cc12. The average Bonchev–Trinajstić information content (AvgIpc) is 2.69. The zero-order valence-corrected chi connectivity index (χ0v) is 17.7. The maximum Gasteiger partial charge on any atom is 0.235 e. The third-order valence-corrected chi connectivity index (χ3v) is 5.47. The summed E-state index contributed by atoms with van der Waals surface area (Å²) in [6.07, 6.45) is 0. The number of halogens is 4. The summed E-state index contributed by atoms with van der Waals surface area (Å²) in [7, 11) is 0. The molecule has 1 aromatic heterocycles. The third kappa shape index (κ3) is 4.10. The predicted octanol–water partition coefficient (Wildman–Crippen LogP) is 7.65. The minimum absolute atomic E-state index is 0.0267. The molecule has 4 rings (SSSR count). The molecule has 1 heterocycles. The lowest BCUT2D eigenvalue weighted by atomic mass is 10.1. The molecule has 0 saturated heterocycles. The molecule has 0 unspecified atom stereocenters. The molecular weight excluding hydrogens is 454 g/mol. The summed E-state index contributed by atoms with van der Waals surface area (Å²) in [4.78, 5) is 13.2. The number of hydrogen-bond donors (Lipinski definition) is 0. The number of ether oxygens (including phenoxy) is 1. The monoisotopic (exact) mass is 464 g/mol. The summed E-state index contributed by atoms with van der Waals surface area (Å²) in [5.41, 5.74) is 1.24. The van der Waals surface area contributed by atoms with E-state index in [0.717, 1.165) is 0 Å². The molecule has 29 heavy (non-hydrogen) atoms. The van der Waals surface area contributed by atoms with Crippen LogP contribution in [-0.2, 0) is 6.61 Å². The highest BCUT2D eigenvalue weighted by molar-refractivity contribution is 6.35. The van der Waals surface area contributed by atoms with Crippen molar-refractivity contribution in [2.24, 2.45) is 0 Å². The summed E-state index contributed by atoms with van der Waals surface area (Å²) < 4.78 is 11.9. The molecule has 0 spiro atoms. The largest absolute Gasteiger partial charge is 0.481 e. The van der Waals surface area contributed by atoms with Crippen molar-refractivity contribution < 1.29 is 9.15 Å². The van der Waals surface area contributed by atoms with E-state index in [4.69, 9.17) is 55.6 Å². The van der Waals surface area contributed by atoms with E-state index >= 15 is 0 Å². The summed E-state index contributed by atoms with van der Waals surface area (Å²) in [6, 6.07) is 16.9. The van der Waals surface area contributed by atoms with E-state index in [-0.39, 0.29) is 23.5 Å². The van der Waals surface area contributed by atoms with Crippen molar-refractivity contribution in [2.45, 2.75) is 6.61 Å². The lowest BCUT2D eigenvalue weighted by Crippen LogP contribution is -2.10. The number of rotatable bonds is 4. The Bertz CT molecular complexity index is 1280. The van der Waals surface area contributed by atoms with Crippen LogP contribution in [0.3, 0.4) is 0 Å². The van der Waals surface area contributed by atoms with Crippen LogP contribution in [0.25, 0.3) is 22.3 Å². The predicted molar refractivity (Wildman–Crippen MR) is 119 cm³/mol. The first kappa shape index (κ1) is 20.1. The Morgan fingerprint density at radius 2 is 1.55 bits per heavy atom. The van der Waals surface area contributed by atoms with Gasteiger partial charge in [0, 0.05) is 26.2 Å². The second kappa shape index (κ2) is 8.29. The second-order valence-electron chi connectivity index (χ2n) is 6.23. The van der Waals surface area contributed by atoms with Gasteiger partial charge in [0.25, 0.3) is 0 Å². The van der Waals surface area contributed by atoms with Gasteiger partial charge < -0.3 is 9.15 Å². The summed E-state index contributed by atoms with van der Waals surface area (Å²) in [5.74, 6) is 0.263. The maximum atomic E-state index is 13.2. The number of fused-ring (bicyclic) bond motifs is 1. The number of benzene rings is 3. The third-order valence-electron chi connectivity index (χ3n) is 4.32. The van der Waals surface area contributed by atoms with Gasteiger partial charge in [-0.1, -0.05) is 64.6 Å². The van der Waals surface area contributed by atoms with Gasteiger partial charge in [-0.3, -0.25) is 4.79 Å². The van der Waals surface area contributed by atoms with E-state index in [0.29, 0.717) is 42.2 Å². The van der Waals surface area contributed by atoms with Crippen LogP contribution in [0.2, 0.25) is 20.1 Å². The highest BCUT2D eigenvalue weighted by Gasteiger charge is 2.20. The fourth-order valence-corrected chi connectivity index (χ4v) is 3.75. The van der Waals surface area contributed by atoms with Crippen LogP contribution in [0.4, 0.5) is 0 Å². The molecule has 146 valence electrons. The minimum atomic E-state index is -0.353. The lowest BCUT2D eigenvalue weighted by Gasteiger charge is -2.13. The zero-order valence-electron chi connectivity index (χ0n) is 14.7. The van der Waals surface area contributed by atoms with E-state index in [1.807, 2.05) is 0 Å². The van der Waals surface area contributed by atoms with Crippen LogP contribution in [0.15, 0.2) is 69.9 Å². The highest BCUT2D eigenvalue weighted by atomic mass is 35.5. The van der Waals surface area contributed by atoms with Crippen molar-refractivity contribution in [3.05, 3.63) is 96.5 Å². The fourth-order valence-electron chi connectivity index (χ4n) is 2.89. The van der Waals surface area contributed by atoms with Crippen molar-refractivity contribution >= 4 is 57.4 Å². The van der Waals surface area contributed by atoms with Crippen LogP contribution in [0.1, 0.15) is 5.56 Å². The van der Waals surface area contributed by atoms with Gasteiger partial charge in [-0.05, 0) is 42.5 Å². The van der Waals surface area contributed by atoms with Gasteiger partial charge in [0.2, 0.25) is 11.2 Å². The first-order chi connectivity index (χ1) is 13.9. The van der Waals surface area contributed by atoms with Gasteiger partial charge in [0.15, 0.2) is 5.76 Å². The van der Waals surface area contributed by atoms with E-state index in [2.05, 4.69) is 0 Å². The molecule has 0 saturated carbocycles. The van der Waals surface area contributed by atoms with Crippen LogP contribution < -0.4 is 10.2 Å². The molecule has 3 aromatic carbocycles. The topological polar surface area (TPSA) is 39.4 Å². The van der Waals surface area contributed by atoms with Gasteiger partial charge in [-0.15, -0.1) is 0 Å². The molecule has 0 radical (unpaired) electrons. The molecule has 0 fully saturated rings. The maximum absolute atomic E-state index is 13.2. The Morgan fingerprint density at radius 1 is 0.828 bits per heavy atom. The molecule has 0 aliphatic heterocycles. The van der Waals surface area contributed by atoms with Crippen LogP contribution in [0.5, 0.6) is 5.75 Å². The Morgan fingerprint density at radius 3 is 2.31 bits per heavy atom. The first-order valence-electron chi connectivity index (χ1n) is 8.52. The molecular formula is C22H12Cl4O3. The van der Waals surface area contributed by atoms with Crippen molar-refractivity contribution in [3.8, 4) is 17.1 Å². The van der Waals surface area contributed by atoms with E-state index < -0.39 is 0 Å². The van der Waals surface area contributed by atoms with Crippen molar-refractivity contribution in [2.75, 3.05) is 0 Å². The van der Waals surface area contributed by atoms with Gasteiger partial charge in [-0.2, -0.15) is 0 Å². The van der Waals surface area contributed by atoms with Gasteiger partial charge >= 0.3 is 0 Å². The van der Waals surface area contributed by atoms with Crippen molar-refractivity contribution in [3.63, 3.8) is 0 Å².